The molecule has 1 aliphatic heterocycles. The summed E-state index contributed by atoms with van der Waals surface area (Å²) in [4.78, 5) is 25.1. The molecule has 2 fully saturated rings. The molecule has 1 atom stereocenters. The van der Waals surface area contributed by atoms with E-state index in [0.717, 1.165) is 38.8 Å². The number of rotatable bonds is 4. The molecule has 1 saturated carbocycles. The highest BCUT2D eigenvalue weighted by Crippen LogP contribution is 2.18. The Balaban J connectivity index is 1.94. The quantitative estimate of drug-likeness (QED) is 0.679. The van der Waals surface area contributed by atoms with Gasteiger partial charge in [0.1, 0.15) is 6.54 Å². The van der Waals surface area contributed by atoms with Crippen molar-refractivity contribution in [2.75, 3.05) is 19.6 Å². The zero-order chi connectivity index (χ0) is 13.7. The minimum Gasteiger partial charge on any atom is -0.368 e. The lowest BCUT2D eigenvalue weighted by molar-refractivity contribution is -0.119. The summed E-state index contributed by atoms with van der Waals surface area (Å²) in [5, 5.41) is 6.30. The van der Waals surface area contributed by atoms with Crippen molar-refractivity contribution in [3.8, 4) is 0 Å². The number of amides is 3. The Kier molecular flexibility index (Phi) is 5.01. The lowest BCUT2D eigenvalue weighted by atomic mass is 10.1. The highest BCUT2D eigenvalue weighted by Gasteiger charge is 2.28. The molecule has 6 nitrogen and oxygen atoms in total. The minimum absolute atomic E-state index is 0.00486. The van der Waals surface area contributed by atoms with Gasteiger partial charge in [0.25, 0.3) is 0 Å². The molecule has 0 spiro atoms. The second-order valence-corrected chi connectivity index (χ2v) is 5.53. The van der Waals surface area contributed by atoms with E-state index in [0.29, 0.717) is 0 Å². The molecular weight excluding hydrogens is 244 g/mol. The molecule has 2 aliphatic rings. The molecule has 0 aromatic heterocycles. The van der Waals surface area contributed by atoms with Gasteiger partial charge in [-0.15, -0.1) is 0 Å². The van der Waals surface area contributed by atoms with Crippen molar-refractivity contribution < 1.29 is 9.59 Å². The molecule has 19 heavy (non-hydrogen) atoms. The van der Waals surface area contributed by atoms with Crippen molar-refractivity contribution in [1.29, 1.82) is 0 Å². The first-order valence-corrected chi connectivity index (χ1v) is 7.23. The molecule has 108 valence electrons. The average Bonchev–Trinajstić information content (AvgIpc) is 2.89. The highest BCUT2D eigenvalue weighted by atomic mass is 16.2. The Bertz CT molecular complexity index is 323. The molecule has 0 aromatic carbocycles. The molecule has 0 bridgehead atoms. The molecule has 1 heterocycles. The number of nitrogens with zero attached hydrogens (tertiary/aromatic N) is 1. The minimum atomic E-state index is -0.452. The molecule has 2 rings (SSSR count). The number of piperidine rings is 1. The lowest BCUT2D eigenvalue weighted by Crippen LogP contribution is -2.55. The first-order chi connectivity index (χ1) is 9.16. The van der Waals surface area contributed by atoms with E-state index < -0.39 is 5.91 Å². The summed E-state index contributed by atoms with van der Waals surface area (Å²) in [6, 6.07) is 0.196. The van der Waals surface area contributed by atoms with E-state index in [-0.39, 0.29) is 24.7 Å². The summed E-state index contributed by atoms with van der Waals surface area (Å²) in [7, 11) is 0. The monoisotopic (exact) mass is 268 g/mol. The maximum Gasteiger partial charge on any atom is 0.318 e. The molecule has 3 amide bonds. The summed E-state index contributed by atoms with van der Waals surface area (Å²) in [6.45, 7) is 1.72. The number of carbonyl (C=O) groups is 2. The molecule has 1 saturated heterocycles. The normalized spacial score (nSPS) is 24.1. The van der Waals surface area contributed by atoms with Gasteiger partial charge in [-0.05, 0) is 32.2 Å². The zero-order valence-electron chi connectivity index (χ0n) is 11.4. The van der Waals surface area contributed by atoms with E-state index in [9.17, 15) is 9.59 Å². The third kappa shape index (κ3) is 4.09. The third-order valence-electron chi connectivity index (χ3n) is 3.98. The third-order valence-corrected chi connectivity index (χ3v) is 3.98. The summed E-state index contributed by atoms with van der Waals surface area (Å²) < 4.78 is 0. The predicted octanol–water partition coefficient (Wildman–Crippen LogP) is 0.178. The number of primary amides is 1. The Morgan fingerprint density at radius 1 is 1.21 bits per heavy atom. The maximum atomic E-state index is 12.3. The van der Waals surface area contributed by atoms with Crippen LogP contribution in [0.1, 0.15) is 38.5 Å². The van der Waals surface area contributed by atoms with Crippen LogP contribution >= 0.6 is 0 Å². The first-order valence-electron chi connectivity index (χ1n) is 7.23. The van der Waals surface area contributed by atoms with E-state index in [4.69, 9.17) is 5.73 Å². The second-order valence-electron chi connectivity index (χ2n) is 5.53. The highest BCUT2D eigenvalue weighted by molar-refractivity contribution is 5.83. The number of nitrogens with two attached hydrogens (primary N) is 1. The summed E-state index contributed by atoms with van der Waals surface area (Å²) in [5.41, 5.74) is 5.26. The molecule has 6 heteroatoms. The van der Waals surface area contributed by atoms with Gasteiger partial charge in [0.15, 0.2) is 0 Å². The van der Waals surface area contributed by atoms with Crippen molar-refractivity contribution >= 4 is 11.9 Å². The van der Waals surface area contributed by atoms with Gasteiger partial charge in [-0.2, -0.15) is 0 Å². The van der Waals surface area contributed by atoms with Crippen LogP contribution in [0.15, 0.2) is 0 Å². The maximum absolute atomic E-state index is 12.3. The van der Waals surface area contributed by atoms with Gasteiger partial charge in [0, 0.05) is 18.6 Å². The Morgan fingerprint density at radius 3 is 2.53 bits per heavy atom. The zero-order valence-corrected chi connectivity index (χ0v) is 11.4. The summed E-state index contributed by atoms with van der Waals surface area (Å²) >= 11 is 0. The van der Waals surface area contributed by atoms with Gasteiger partial charge >= 0.3 is 6.03 Å². The number of urea groups is 1. The van der Waals surface area contributed by atoms with Crippen molar-refractivity contribution in [3.05, 3.63) is 0 Å². The smallest absolute Gasteiger partial charge is 0.318 e. The van der Waals surface area contributed by atoms with Crippen LogP contribution in [-0.4, -0.2) is 48.6 Å². The predicted molar refractivity (Wildman–Crippen MR) is 72.6 cm³/mol. The average molecular weight is 268 g/mol. The Hall–Kier alpha value is -1.30. The van der Waals surface area contributed by atoms with Crippen LogP contribution in [0.25, 0.3) is 0 Å². The fourth-order valence-electron chi connectivity index (χ4n) is 2.96. The van der Waals surface area contributed by atoms with E-state index >= 15 is 0 Å². The number of hydrogen-bond donors (Lipinski definition) is 3. The van der Waals surface area contributed by atoms with Gasteiger partial charge < -0.3 is 21.3 Å². The summed E-state index contributed by atoms with van der Waals surface area (Å²) in [5.74, 6) is -0.452. The summed E-state index contributed by atoms with van der Waals surface area (Å²) in [6.07, 6.45) is 6.38. The molecule has 0 aromatic rings. The molecule has 1 unspecified atom stereocenters. The molecular formula is C13H24N4O2. The van der Waals surface area contributed by atoms with Crippen molar-refractivity contribution in [3.63, 3.8) is 0 Å². The lowest BCUT2D eigenvalue weighted by Gasteiger charge is -2.34. The van der Waals surface area contributed by atoms with E-state index in [2.05, 4.69) is 10.6 Å². The largest absolute Gasteiger partial charge is 0.368 e. The fourth-order valence-corrected chi connectivity index (χ4v) is 2.96. The van der Waals surface area contributed by atoms with Crippen LogP contribution in [0, 0.1) is 0 Å². The Morgan fingerprint density at radius 2 is 1.95 bits per heavy atom. The number of hydrogen-bond acceptors (Lipinski definition) is 3. The van der Waals surface area contributed by atoms with Crippen LogP contribution in [0.5, 0.6) is 0 Å². The Labute approximate surface area is 114 Å². The first kappa shape index (κ1) is 14.1. The van der Waals surface area contributed by atoms with Crippen molar-refractivity contribution in [2.45, 2.75) is 50.6 Å². The SMILES string of the molecule is NC(=O)CN(C(=O)NC1CCCC1)C1CCCNC1. The van der Waals surface area contributed by atoms with Gasteiger partial charge in [0.05, 0.1) is 0 Å². The molecule has 0 radical (unpaired) electrons. The van der Waals surface area contributed by atoms with Gasteiger partial charge in [-0.1, -0.05) is 12.8 Å². The van der Waals surface area contributed by atoms with Crippen LogP contribution < -0.4 is 16.4 Å². The van der Waals surface area contributed by atoms with E-state index in [1.165, 1.54) is 12.8 Å². The second kappa shape index (κ2) is 6.75. The van der Waals surface area contributed by atoms with Gasteiger partial charge in [0.2, 0.25) is 5.91 Å². The number of nitrogens with one attached hydrogen (secondary N) is 2. The number of carbonyl (C=O) groups excluding carboxylic acids is 2. The van der Waals surface area contributed by atoms with Crippen molar-refractivity contribution in [2.24, 2.45) is 5.73 Å². The fraction of sp³-hybridized carbons (Fsp3) is 0.846. The van der Waals surface area contributed by atoms with E-state index in [1.54, 1.807) is 4.90 Å². The molecule has 1 aliphatic carbocycles. The van der Waals surface area contributed by atoms with Crippen molar-refractivity contribution in [1.82, 2.24) is 15.5 Å². The van der Waals surface area contributed by atoms with Crippen LogP contribution in [-0.2, 0) is 4.79 Å². The topological polar surface area (TPSA) is 87.5 Å². The van der Waals surface area contributed by atoms with Crippen LogP contribution in [0.2, 0.25) is 0 Å². The van der Waals surface area contributed by atoms with Gasteiger partial charge in [-0.3, -0.25) is 4.79 Å². The standard InChI is InChI=1S/C13H24N4O2/c14-12(18)9-17(11-6-3-7-15-8-11)13(19)16-10-4-1-2-5-10/h10-11,15H,1-9H2,(H2,14,18)(H,16,19). The van der Waals surface area contributed by atoms with E-state index in [1.807, 2.05) is 0 Å². The van der Waals surface area contributed by atoms with Gasteiger partial charge in [-0.25, -0.2) is 4.79 Å². The molecule has 4 N–H and O–H groups in total. The van der Waals surface area contributed by atoms with Crippen LogP contribution in [0.3, 0.4) is 0 Å². The van der Waals surface area contributed by atoms with Crippen LogP contribution in [0.4, 0.5) is 4.79 Å².